The van der Waals surface area contributed by atoms with Crippen molar-refractivity contribution in [2.24, 2.45) is 23.7 Å². The van der Waals surface area contributed by atoms with Gasteiger partial charge in [0.05, 0.1) is 23.5 Å². The Labute approximate surface area is 517 Å². The van der Waals surface area contributed by atoms with E-state index in [0.717, 1.165) is 33.9 Å². The Morgan fingerprint density at radius 3 is 1.02 bits per heavy atom. The second kappa shape index (κ2) is 27.2. The first-order chi connectivity index (χ1) is 39.7. The second-order valence-corrected chi connectivity index (χ2v) is 35.1. The number of thiophene rings is 6. The van der Waals surface area contributed by atoms with Crippen LogP contribution in [0.25, 0.3) is 93.1 Å². The summed E-state index contributed by atoms with van der Waals surface area (Å²) in [7, 11) is -2.33. The lowest BCUT2D eigenvalue weighted by Crippen LogP contribution is -2.56. The third kappa shape index (κ3) is 12.5. The molecule has 8 aromatic heterocycles. The number of hydrogen-bond acceptors (Lipinski definition) is 12. The molecule has 4 nitrogen and oxygen atoms in total. The normalized spacial score (nSPS) is 15.8. The van der Waals surface area contributed by atoms with Crippen LogP contribution < -0.4 is 10.4 Å². The average Bonchev–Trinajstić information content (AvgIpc) is 4.52. The summed E-state index contributed by atoms with van der Waals surface area (Å²) in [5.41, 5.74) is 9.04. The van der Waals surface area contributed by atoms with E-state index in [0.29, 0.717) is 11.8 Å². The van der Waals surface area contributed by atoms with Gasteiger partial charge in [-0.3, -0.25) is 0 Å². The first kappa shape index (κ1) is 59.2. The number of benzene rings is 2. The van der Waals surface area contributed by atoms with Crippen molar-refractivity contribution in [3.05, 3.63) is 94.7 Å². The molecule has 0 fully saturated rings. The number of aromatic nitrogens is 4. The lowest BCUT2D eigenvalue weighted by Gasteiger charge is -2.35. The predicted octanol–water partition coefficient (Wildman–Crippen LogP) is 23.6. The molecule has 9 heterocycles. The first-order valence-electron chi connectivity index (χ1n) is 30.9. The summed E-state index contributed by atoms with van der Waals surface area (Å²) in [5.74, 6) is 2.97. The molecule has 0 N–H and O–H groups in total. The largest absolute Gasteiger partial charge is 0.172 e. The van der Waals surface area contributed by atoms with Crippen molar-refractivity contribution < 1.29 is 0 Å². The molecule has 0 amide bonds. The van der Waals surface area contributed by atoms with Gasteiger partial charge in [-0.2, -0.15) is 17.5 Å². The van der Waals surface area contributed by atoms with Crippen LogP contribution in [-0.4, -0.2) is 25.6 Å². The topological polar surface area (TPSA) is 51.6 Å². The van der Waals surface area contributed by atoms with Gasteiger partial charge in [0.25, 0.3) is 0 Å². The van der Waals surface area contributed by atoms with Gasteiger partial charge in [-0.1, -0.05) is 182 Å². The van der Waals surface area contributed by atoms with Crippen molar-refractivity contribution in [2.75, 3.05) is 0 Å². The van der Waals surface area contributed by atoms with Crippen molar-refractivity contribution in [1.29, 1.82) is 0 Å². The predicted molar refractivity (Wildman–Crippen MR) is 369 cm³/mol. The zero-order valence-electron chi connectivity index (χ0n) is 49.1. The van der Waals surface area contributed by atoms with Crippen molar-refractivity contribution in [2.45, 2.75) is 183 Å². The van der Waals surface area contributed by atoms with Gasteiger partial charge in [-0.05, 0) is 120 Å². The first-order valence-corrected chi connectivity index (χ1v) is 39.7. The van der Waals surface area contributed by atoms with E-state index in [9.17, 15) is 0 Å². The van der Waals surface area contributed by atoms with Gasteiger partial charge >= 0.3 is 0 Å². The van der Waals surface area contributed by atoms with Crippen LogP contribution in [0, 0.1) is 23.7 Å². The molecule has 2 aromatic carbocycles. The summed E-state index contributed by atoms with van der Waals surface area (Å²) in [6, 6.07) is 36.3. The smallest absolute Gasteiger partial charge is 0.122 e. The summed E-state index contributed by atoms with van der Waals surface area (Å²) in [4.78, 5) is 16.8. The Hall–Kier alpha value is -3.50. The van der Waals surface area contributed by atoms with Crippen LogP contribution in [0.4, 0.5) is 0 Å². The zero-order valence-corrected chi connectivity index (χ0v) is 56.6. The van der Waals surface area contributed by atoms with Gasteiger partial charge < -0.3 is 0 Å². The maximum absolute atomic E-state index is 5.14. The Balaban J connectivity index is 0.956. The van der Waals surface area contributed by atoms with Crippen LogP contribution >= 0.6 is 91.5 Å². The molecule has 81 heavy (non-hydrogen) atoms. The van der Waals surface area contributed by atoms with Gasteiger partial charge in [0.15, 0.2) is 0 Å². The average molecular weight is 1240 g/mol. The van der Waals surface area contributed by atoms with E-state index >= 15 is 0 Å². The number of fused-ring (bicyclic) bond motifs is 5. The van der Waals surface area contributed by atoms with Gasteiger partial charge in [0, 0.05) is 80.8 Å². The van der Waals surface area contributed by atoms with E-state index in [4.69, 9.17) is 17.5 Å². The maximum Gasteiger partial charge on any atom is 0.122 e. The fourth-order valence-corrected chi connectivity index (χ4v) is 29.2. The third-order valence-corrected chi connectivity index (χ3v) is 32.2. The van der Waals surface area contributed by atoms with Crippen LogP contribution in [0.3, 0.4) is 0 Å². The molecule has 0 bridgehead atoms. The maximum atomic E-state index is 5.14. The Kier molecular flexibility index (Phi) is 19.9. The van der Waals surface area contributed by atoms with Gasteiger partial charge in [-0.25, -0.2) is 0 Å². The minimum atomic E-state index is -2.33. The zero-order chi connectivity index (χ0) is 56.0. The van der Waals surface area contributed by atoms with E-state index in [2.05, 4.69) is 140 Å². The SMILES string of the molecule is CCCCC(CC)Cc1ccc(-c2ccc(-c3ccc(-c4cc5c(s4)-c4sc(-c6ccc(-c7ccc(-c8ccc(CC(CC)CCCC)s8)s7)c7nsnc67)cc4[Si]5(CC(CC)CCCC)CC(CC)CCCC)c4nsnc34)s2)s1. The van der Waals surface area contributed by atoms with Crippen molar-refractivity contribution >= 4 is 132 Å². The number of nitrogens with zero attached hydrogens (tertiary/aromatic N) is 4. The van der Waals surface area contributed by atoms with Gasteiger partial charge in [0.2, 0.25) is 0 Å². The fraction of sp³-hybridized carbons (Fsp3) is 0.471. The summed E-state index contributed by atoms with van der Waals surface area (Å²) < 4.78 is 20.4. The van der Waals surface area contributed by atoms with Crippen molar-refractivity contribution in [3.8, 4) is 71.0 Å². The lowest BCUT2D eigenvalue weighted by molar-refractivity contribution is 0.452. The highest BCUT2D eigenvalue weighted by atomic mass is 32.1. The number of rotatable bonds is 30. The molecule has 0 saturated carbocycles. The highest BCUT2D eigenvalue weighted by Gasteiger charge is 2.50. The molecule has 4 atom stereocenters. The van der Waals surface area contributed by atoms with E-state index in [1.807, 2.05) is 68.0 Å². The third-order valence-electron chi connectivity index (χ3n) is 18.0. The van der Waals surface area contributed by atoms with Crippen LogP contribution in [-0.2, 0) is 12.8 Å². The molecule has 0 radical (unpaired) electrons. The number of unbranched alkanes of at least 4 members (excludes halogenated alkanes) is 4. The minimum absolute atomic E-state index is 0.708. The molecule has 426 valence electrons. The van der Waals surface area contributed by atoms with Gasteiger partial charge in [-0.15, -0.1) is 68.0 Å². The molecule has 1 aliphatic rings. The van der Waals surface area contributed by atoms with Crippen molar-refractivity contribution in [1.82, 2.24) is 17.5 Å². The number of hydrogen-bond donors (Lipinski definition) is 0. The van der Waals surface area contributed by atoms with Gasteiger partial charge in [0.1, 0.15) is 30.1 Å². The van der Waals surface area contributed by atoms with Crippen LogP contribution in [0.1, 0.15) is 168 Å². The van der Waals surface area contributed by atoms with E-state index in [-0.39, 0.29) is 0 Å². The van der Waals surface area contributed by atoms with E-state index in [1.165, 1.54) is 232 Å². The standard InChI is InChI=1S/C68H82N4S8Si/c1-9-17-21-43(13-5)37-47-25-31-55(73-47)57-35-33-53(75-57)49-27-29-51(65-63(49)69-79-71-65)59-39-61-67(77-59)68-62(81(61,41-45(15-7)23-19-11-3)42-46(16-8)24-20-12-4)40-60(78-68)52-30-28-50(64-66(52)72-80-70-64)54-34-36-58(76-54)56-32-26-48(74-56)38-44(14-6)22-18-10-2/h25-36,39-40,43-46H,9-24,37-38,41-42H2,1-8H3. The Morgan fingerprint density at radius 2 is 0.667 bits per heavy atom. The molecular formula is C68H82N4S8Si. The lowest BCUT2D eigenvalue weighted by atomic mass is 9.95. The van der Waals surface area contributed by atoms with E-state index in [1.54, 1.807) is 10.4 Å². The summed E-state index contributed by atoms with van der Waals surface area (Å²) >= 11 is 14.6. The molecule has 0 saturated heterocycles. The minimum Gasteiger partial charge on any atom is -0.172 e. The highest BCUT2D eigenvalue weighted by Crippen LogP contribution is 2.52. The van der Waals surface area contributed by atoms with Crippen LogP contribution in [0.15, 0.2) is 84.9 Å². The quantitative estimate of drug-likeness (QED) is 0.0421. The Bertz CT molecular complexity index is 3410. The van der Waals surface area contributed by atoms with Crippen LogP contribution in [0.2, 0.25) is 12.1 Å². The summed E-state index contributed by atoms with van der Waals surface area (Å²) in [5, 5.41) is 3.41. The summed E-state index contributed by atoms with van der Waals surface area (Å²) in [6.45, 7) is 19.0. The molecule has 1 aliphatic heterocycles. The molecule has 0 spiro atoms. The molecule has 0 aliphatic carbocycles. The highest BCUT2D eigenvalue weighted by molar-refractivity contribution is 7.32. The monoisotopic (exact) mass is 1240 g/mol. The second-order valence-electron chi connectivity index (χ2n) is 23.4. The van der Waals surface area contributed by atoms with Crippen LogP contribution in [0.5, 0.6) is 0 Å². The van der Waals surface area contributed by atoms with E-state index < -0.39 is 8.07 Å². The fourth-order valence-electron chi connectivity index (χ4n) is 13.1. The Morgan fingerprint density at radius 1 is 0.346 bits per heavy atom. The summed E-state index contributed by atoms with van der Waals surface area (Å²) in [6.07, 6.45) is 23.0. The molecule has 11 rings (SSSR count). The molecular weight excluding hydrogens is 1160 g/mol. The van der Waals surface area contributed by atoms with Crippen molar-refractivity contribution in [3.63, 3.8) is 0 Å². The molecule has 13 heteroatoms. The molecule has 4 unspecified atom stereocenters. The molecule has 10 aromatic rings.